The number of aromatic nitrogens is 2. The Hall–Kier alpha value is -2.10. The average Bonchev–Trinajstić information content (AvgIpc) is 2.42. The van der Waals surface area contributed by atoms with Gasteiger partial charge in [-0.2, -0.15) is 13.2 Å². The topological polar surface area (TPSA) is 98.6 Å². The van der Waals surface area contributed by atoms with Crippen molar-refractivity contribution in [3.8, 4) is 0 Å². The summed E-state index contributed by atoms with van der Waals surface area (Å²) in [4.78, 5) is 19.7. The van der Waals surface area contributed by atoms with Crippen molar-refractivity contribution in [2.75, 3.05) is 18.5 Å². The van der Waals surface area contributed by atoms with Gasteiger partial charge in [-0.25, -0.2) is 14.8 Å². The second kappa shape index (κ2) is 5.72. The van der Waals surface area contributed by atoms with Crippen molar-refractivity contribution in [1.82, 2.24) is 14.9 Å². The molecule has 0 radical (unpaired) electrons. The smallest absolute Gasteiger partial charge is 0.410 e. The van der Waals surface area contributed by atoms with Crippen LogP contribution in [0.4, 0.5) is 23.9 Å². The second-order valence-electron chi connectivity index (χ2n) is 4.54. The normalized spacial score (nSPS) is 16.3. The first-order valence-corrected chi connectivity index (χ1v) is 6.08. The van der Waals surface area contributed by atoms with Gasteiger partial charge in [-0.1, -0.05) is 0 Å². The van der Waals surface area contributed by atoms with E-state index in [9.17, 15) is 18.0 Å². The van der Waals surface area contributed by atoms with Gasteiger partial charge in [0.05, 0.1) is 18.8 Å². The van der Waals surface area contributed by atoms with Crippen LogP contribution in [0, 0.1) is 0 Å². The number of hydrogen-bond acceptors (Lipinski definition) is 5. The summed E-state index contributed by atoms with van der Waals surface area (Å²) in [6.07, 6.45) is -3.97. The fraction of sp³-hybridized carbons (Fsp3) is 0.545. The first-order chi connectivity index (χ1) is 9.81. The maximum Gasteiger partial charge on any atom is 0.410 e. The number of aliphatic hydroxyl groups excluding tert-OH is 1. The third-order valence-corrected chi connectivity index (χ3v) is 3.10. The molecule has 0 bridgehead atoms. The van der Waals surface area contributed by atoms with Crippen LogP contribution in [0.2, 0.25) is 0 Å². The van der Waals surface area contributed by atoms with Crippen molar-refractivity contribution in [2.45, 2.75) is 25.2 Å². The van der Waals surface area contributed by atoms with E-state index in [0.29, 0.717) is 24.2 Å². The van der Waals surface area contributed by atoms with Gasteiger partial charge in [0.2, 0.25) is 5.95 Å². The van der Waals surface area contributed by atoms with E-state index < -0.39 is 24.9 Å². The molecule has 0 spiro atoms. The molecule has 3 N–H and O–H groups in total. The molecule has 0 saturated heterocycles. The van der Waals surface area contributed by atoms with Gasteiger partial charge in [-0.05, 0) is 12.0 Å². The zero-order valence-electron chi connectivity index (χ0n) is 10.8. The van der Waals surface area contributed by atoms with Crippen LogP contribution in [0.3, 0.4) is 0 Å². The molecule has 0 aromatic carbocycles. The summed E-state index contributed by atoms with van der Waals surface area (Å²) in [5.41, 5.74) is 1.06. The average molecular weight is 306 g/mol. The zero-order chi connectivity index (χ0) is 15.6. The highest BCUT2D eigenvalue weighted by atomic mass is 19.4. The van der Waals surface area contributed by atoms with Crippen LogP contribution in [-0.2, 0) is 13.0 Å². The lowest BCUT2D eigenvalue weighted by Gasteiger charge is -2.26. The highest BCUT2D eigenvalue weighted by Gasteiger charge is 2.39. The van der Waals surface area contributed by atoms with E-state index >= 15 is 0 Å². The summed E-state index contributed by atoms with van der Waals surface area (Å²) < 4.78 is 37.6. The van der Waals surface area contributed by atoms with Crippen molar-refractivity contribution >= 4 is 12.0 Å². The number of carboxylic acid groups (broad SMARTS) is 1. The molecule has 0 fully saturated rings. The highest BCUT2D eigenvalue weighted by Crippen LogP contribution is 2.23. The van der Waals surface area contributed by atoms with Crippen molar-refractivity contribution < 1.29 is 28.2 Å². The van der Waals surface area contributed by atoms with Crippen LogP contribution < -0.4 is 5.32 Å². The molecule has 1 aliphatic rings. The van der Waals surface area contributed by atoms with Gasteiger partial charge in [0.15, 0.2) is 0 Å². The molecule has 10 heteroatoms. The number of carbonyl (C=O) groups is 1. The number of fused-ring (bicyclic) bond motifs is 1. The number of rotatable bonds is 3. The quantitative estimate of drug-likeness (QED) is 0.765. The Kier molecular flexibility index (Phi) is 4.16. The van der Waals surface area contributed by atoms with E-state index in [2.05, 4.69) is 9.97 Å². The minimum Gasteiger partial charge on any atom is -0.465 e. The lowest BCUT2D eigenvalue weighted by Crippen LogP contribution is -2.40. The lowest BCUT2D eigenvalue weighted by atomic mass is 10.1. The van der Waals surface area contributed by atoms with E-state index in [4.69, 9.17) is 10.2 Å². The predicted octanol–water partition coefficient (Wildman–Crippen LogP) is 0.848. The third-order valence-electron chi connectivity index (χ3n) is 3.10. The number of alkyl halides is 3. The van der Waals surface area contributed by atoms with E-state index in [1.54, 1.807) is 0 Å². The second-order valence-corrected chi connectivity index (χ2v) is 4.54. The Labute approximate surface area is 117 Å². The minimum atomic E-state index is -4.64. The van der Waals surface area contributed by atoms with Crippen LogP contribution in [0.25, 0.3) is 0 Å². The number of anilines is 1. The molecule has 1 amide bonds. The van der Waals surface area contributed by atoms with E-state index in [-0.39, 0.29) is 12.5 Å². The third kappa shape index (κ3) is 3.51. The molecule has 0 saturated carbocycles. The Bertz CT molecular complexity index is 538. The highest BCUT2D eigenvalue weighted by molar-refractivity contribution is 5.65. The van der Waals surface area contributed by atoms with Gasteiger partial charge in [0, 0.05) is 12.7 Å². The minimum absolute atomic E-state index is 0.00231. The van der Waals surface area contributed by atoms with Gasteiger partial charge >= 0.3 is 12.3 Å². The van der Waals surface area contributed by atoms with Crippen LogP contribution >= 0.6 is 0 Å². The van der Waals surface area contributed by atoms with Gasteiger partial charge in [0.1, 0.15) is 6.04 Å². The molecule has 1 atom stereocenters. The first-order valence-electron chi connectivity index (χ1n) is 6.08. The number of amides is 1. The molecule has 1 aromatic heterocycles. The van der Waals surface area contributed by atoms with E-state index in [0.717, 1.165) is 4.90 Å². The number of halogens is 3. The van der Waals surface area contributed by atoms with Crippen LogP contribution in [0.5, 0.6) is 0 Å². The van der Waals surface area contributed by atoms with E-state index in [1.165, 1.54) is 6.20 Å². The van der Waals surface area contributed by atoms with Crippen LogP contribution in [0.15, 0.2) is 6.20 Å². The fourth-order valence-corrected chi connectivity index (χ4v) is 1.92. The zero-order valence-corrected chi connectivity index (χ0v) is 10.8. The van der Waals surface area contributed by atoms with Crippen molar-refractivity contribution in [3.63, 3.8) is 0 Å². The number of hydrogen-bond donors (Lipinski definition) is 3. The molecule has 1 aliphatic heterocycles. The number of nitrogens with zero attached hydrogens (tertiary/aromatic N) is 3. The summed E-state index contributed by atoms with van der Waals surface area (Å²) >= 11 is 0. The molecular weight excluding hydrogens is 293 g/mol. The lowest BCUT2D eigenvalue weighted by molar-refractivity contribution is -0.149. The van der Waals surface area contributed by atoms with Gasteiger partial charge in [-0.15, -0.1) is 0 Å². The summed E-state index contributed by atoms with van der Waals surface area (Å²) in [5.74, 6) is -0.294. The summed E-state index contributed by atoms with van der Waals surface area (Å²) in [5, 5.41) is 19.7. The molecule has 21 heavy (non-hydrogen) atoms. The van der Waals surface area contributed by atoms with Gasteiger partial charge in [-0.3, -0.25) is 0 Å². The Balaban J connectivity index is 2.17. The summed E-state index contributed by atoms with van der Waals surface area (Å²) in [6, 6.07) is -2.17. The fourth-order valence-electron chi connectivity index (χ4n) is 1.92. The molecule has 0 aliphatic carbocycles. The van der Waals surface area contributed by atoms with Gasteiger partial charge < -0.3 is 20.4 Å². The van der Waals surface area contributed by atoms with Gasteiger partial charge in [0.25, 0.3) is 0 Å². The summed E-state index contributed by atoms with van der Waals surface area (Å²) in [6.45, 7) is -0.858. The first kappa shape index (κ1) is 15.3. The molecule has 2 rings (SSSR count). The molecule has 116 valence electrons. The van der Waals surface area contributed by atoms with Crippen LogP contribution in [-0.4, -0.2) is 56.5 Å². The molecule has 2 heterocycles. The molecule has 1 unspecified atom stereocenters. The molecular formula is C11H13F3N4O3. The SMILES string of the molecule is O=C(O)N1CCc2cnc(NC(CO)C(F)(F)F)nc2C1. The largest absolute Gasteiger partial charge is 0.465 e. The van der Waals surface area contributed by atoms with Crippen molar-refractivity contribution in [1.29, 1.82) is 0 Å². The predicted molar refractivity (Wildman–Crippen MR) is 64.7 cm³/mol. The van der Waals surface area contributed by atoms with E-state index in [1.807, 2.05) is 5.32 Å². The number of aliphatic hydroxyl groups is 1. The Morgan fingerprint density at radius 1 is 1.52 bits per heavy atom. The van der Waals surface area contributed by atoms with Crippen molar-refractivity contribution in [2.24, 2.45) is 0 Å². The molecule has 1 aromatic rings. The number of nitrogens with one attached hydrogen (secondary N) is 1. The molecule has 7 nitrogen and oxygen atoms in total. The maximum atomic E-state index is 12.5. The van der Waals surface area contributed by atoms with Crippen molar-refractivity contribution in [3.05, 3.63) is 17.5 Å². The Morgan fingerprint density at radius 2 is 2.24 bits per heavy atom. The standard InChI is InChI=1S/C11H13F3N4O3/c12-11(13,14)8(5-19)17-9-15-3-6-1-2-18(10(20)21)4-7(6)16-9/h3,8,19H,1-2,4-5H2,(H,20,21)(H,15,16,17). The Morgan fingerprint density at radius 3 is 2.81 bits per heavy atom. The monoisotopic (exact) mass is 306 g/mol. The van der Waals surface area contributed by atoms with Crippen LogP contribution in [0.1, 0.15) is 11.3 Å². The summed E-state index contributed by atoms with van der Waals surface area (Å²) in [7, 11) is 0. The maximum absolute atomic E-state index is 12.5.